The minimum atomic E-state index is -0.637. The molecule has 0 fully saturated rings. The first kappa shape index (κ1) is 20.6. The van der Waals surface area contributed by atoms with Gasteiger partial charge in [0, 0.05) is 24.7 Å². The van der Waals surface area contributed by atoms with Crippen molar-refractivity contribution in [2.24, 2.45) is 0 Å². The van der Waals surface area contributed by atoms with Gasteiger partial charge in [-0.2, -0.15) is 0 Å². The summed E-state index contributed by atoms with van der Waals surface area (Å²) in [6.07, 6.45) is -0.130. The lowest BCUT2D eigenvalue weighted by atomic mass is 10.2. The molecule has 2 aromatic rings. The minimum absolute atomic E-state index is 0.0120. The zero-order valence-corrected chi connectivity index (χ0v) is 16.0. The van der Waals surface area contributed by atoms with Crippen LogP contribution in [0.25, 0.3) is 0 Å². The Morgan fingerprint density at radius 3 is 2.15 bits per heavy atom. The molecule has 0 atom stereocenters. The van der Waals surface area contributed by atoms with Crippen molar-refractivity contribution < 1.29 is 23.9 Å². The largest absolute Gasteiger partial charge is 0.456 e. The van der Waals surface area contributed by atoms with E-state index in [4.69, 9.17) is 16.3 Å². The number of esters is 1. The minimum Gasteiger partial charge on any atom is -0.456 e. The molecule has 0 aliphatic rings. The van der Waals surface area contributed by atoms with Crippen molar-refractivity contribution >= 4 is 57.9 Å². The standard InChI is InChI=1S/C18H17ClN2O5S/c1-11(22)20-12-2-4-13(5-3-12)21-17(24)10-26-18(25)9-6-14(23)15-7-8-16(19)27-15/h2-5,7-8H,6,9-10H2,1H3,(H,20,22)(H,21,24). The van der Waals surface area contributed by atoms with E-state index < -0.39 is 18.5 Å². The van der Waals surface area contributed by atoms with Crippen molar-refractivity contribution in [3.63, 3.8) is 0 Å². The lowest BCUT2D eigenvalue weighted by molar-refractivity contribution is -0.147. The lowest BCUT2D eigenvalue weighted by Gasteiger charge is -2.07. The Kier molecular flexibility index (Phi) is 7.51. The number of nitrogens with one attached hydrogen (secondary N) is 2. The van der Waals surface area contributed by atoms with Crippen LogP contribution in [0, 0.1) is 0 Å². The zero-order chi connectivity index (χ0) is 19.8. The van der Waals surface area contributed by atoms with Crippen LogP contribution in [-0.2, 0) is 19.1 Å². The number of carbonyl (C=O) groups excluding carboxylic acids is 4. The predicted octanol–water partition coefficient (Wildman–Crippen LogP) is 3.50. The van der Waals surface area contributed by atoms with Crippen LogP contribution in [0.2, 0.25) is 4.34 Å². The van der Waals surface area contributed by atoms with Crippen molar-refractivity contribution in [1.29, 1.82) is 0 Å². The number of thiophene rings is 1. The number of anilines is 2. The third kappa shape index (κ3) is 7.20. The van der Waals surface area contributed by atoms with Crippen molar-refractivity contribution in [2.45, 2.75) is 19.8 Å². The molecule has 1 heterocycles. The highest BCUT2D eigenvalue weighted by Crippen LogP contribution is 2.23. The summed E-state index contributed by atoms with van der Waals surface area (Å²) in [4.78, 5) is 46.8. The number of ether oxygens (including phenoxy) is 1. The quantitative estimate of drug-likeness (QED) is 0.514. The molecule has 0 spiro atoms. The van der Waals surface area contributed by atoms with Gasteiger partial charge < -0.3 is 15.4 Å². The first-order valence-corrected chi connectivity index (χ1v) is 9.14. The first-order chi connectivity index (χ1) is 12.8. The highest BCUT2D eigenvalue weighted by molar-refractivity contribution is 7.18. The lowest BCUT2D eigenvalue weighted by Crippen LogP contribution is -2.21. The summed E-state index contributed by atoms with van der Waals surface area (Å²) >= 11 is 6.91. The molecule has 0 unspecified atom stereocenters. The number of ketones is 1. The Morgan fingerprint density at radius 2 is 1.59 bits per heavy atom. The molecule has 0 radical (unpaired) electrons. The molecule has 1 aromatic heterocycles. The molecular weight excluding hydrogens is 392 g/mol. The normalized spacial score (nSPS) is 10.1. The number of carbonyl (C=O) groups is 4. The highest BCUT2D eigenvalue weighted by atomic mass is 35.5. The summed E-state index contributed by atoms with van der Waals surface area (Å²) in [6, 6.07) is 9.69. The maximum Gasteiger partial charge on any atom is 0.306 e. The van der Waals surface area contributed by atoms with Crippen LogP contribution in [0.5, 0.6) is 0 Å². The van der Waals surface area contributed by atoms with Gasteiger partial charge in [0.2, 0.25) is 5.91 Å². The monoisotopic (exact) mass is 408 g/mol. The molecule has 2 N–H and O–H groups in total. The topological polar surface area (TPSA) is 102 Å². The fourth-order valence-electron chi connectivity index (χ4n) is 2.06. The number of hydrogen-bond donors (Lipinski definition) is 2. The Morgan fingerprint density at radius 1 is 0.963 bits per heavy atom. The first-order valence-electron chi connectivity index (χ1n) is 7.95. The van der Waals surface area contributed by atoms with Crippen LogP contribution >= 0.6 is 22.9 Å². The van der Waals surface area contributed by atoms with E-state index in [2.05, 4.69) is 10.6 Å². The highest BCUT2D eigenvalue weighted by Gasteiger charge is 2.13. The predicted molar refractivity (Wildman–Crippen MR) is 103 cm³/mol. The maximum absolute atomic E-state index is 11.9. The second kappa shape index (κ2) is 9.84. The van der Waals surface area contributed by atoms with E-state index in [0.29, 0.717) is 20.6 Å². The number of halogens is 1. The van der Waals surface area contributed by atoms with Gasteiger partial charge >= 0.3 is 5.97 Å². The smallest absolute Gasteiger partial charge is 0.306 e. The van der Waals surface area contributed by atoms with E-state index in [1.165, 1.54) is 6.92 Å². The molecule has 2 rings (SSSR count). The third-order valence-corrected chi connectivity index (χ3v) is 4.53. The molecule has 0 saturated carbocycles. The van der Waals surface area contributed by atoms with Crippen LogP contribution in [-0.4, -0.2) is 30.2 Å². The summed E-state index contributed by atoms with van der Waals surface area (Å²) in [5, 5.41) is 5.17. The maximum atomic E-state index is 11.9. The average Bonchev–Trinajstić information content (AvgIpc) is 3.05. The molecule has 2 amide bonds. The summed E-state index contributed by atoms with van der Waals surface area (Å²) in [6.45, 7) is 0.943. The van der Waals surface area contributed by atoms with Gasteiger partial charge in [-0.3, -0.25) is 19.2 Å². The van der Waals surface area contributed by atoms with Crippen molar-refractivity contribution in [3.05, 3.63) is 45.6 Å². The third-order valence-electron chi connectivity index (χ3n) is 3.26. The van der Waals surface area contributed by atoms with Gasteiger partial charge in [0.25, 0.3) is 5.91 Å². The van der Waals surface area contributed by atoms with Crippen LogP contribution in [0.15, 0.2) is 36.4 Å². The van der Waals surface area contributed by atoms with E-state index in [0.717, 1.165) is 11.3 Å². The Balaban J connectivity index is 1.70. The van der Waals surface area contributed by atoms with Crippen LogP contribution in [0.1, 0.15) is 29.4 Å². The van der Waals surface area contributed by atoms with Crippen LogP contribution < -0.4 is 10.6 Å². The van der Waals surface area contributed by atoms with Gasteiger partial charge in [-0.05, 0) is 36.4 Å². The molecule has 7 nitrogen and oxygen atoms in total. The molecular formula is C18H17ClN2O5S. The Labute approximate surface area is 164 Å². The van der Waals surface area contributed by atoms with Gasteiger partial charge in [-0.1, -0.05) is 11.6 Å². The zero-order valence-electron chi connectivity index (χ0n) is 14.4. The average molecular weight is 409 g/mol. The number of rotatable bonds is 8. The molecule has 142 valence electrons. The molecule has 9 heteroatoms. The molecule has 1 aromatic carbocycles. The summed E-state index contributed by atoms with van der Waals surface area (Å²) < 4.78 is 5.36. The number of benzene rings is 1. The SMILES string of the molecule is CC(=O)Nc1ccc(NC(=O)COC(=O)CCC(=O)c2ccc(Cl)s2)cc1. The second-order valence-corrected chi connectivity index (χ2v) is 7.21. The fraction of sp³-hybridized carbons (Fsp3) is 0.222. The van der Waals surface area contributed by atoms with Crippen LogP contribution in [0.3, 0.4) is 0 Å². The Hall–Kier alpha value is -2.71. The van der Waals surface area contributed by atoms with Crippen LogP contribution in [0.4, 0.5) is 11.4 Å². The van der Waals surface area contributed by atoms with Gasteiger partial charge in [-0.25, -0.2) is 0 Å². The summed E-state index contributed by atoms with van der Waals surface area (Å²) in [5.41, 5.74) is 1.10. The number of hydrogen-bond acceptors (Lipinski definition) is 6. The number of Topliss-reactive ketones (excluding diaryl/α,β-unsaturated/α-hetero) is 1. The fourth-order valence-corrected chi connectivity index (χ4v) is 3.07. The van der Waals surface area contributed by atoms with Crippen molar-refractivity contribution in [2.75, 3.05) is 17.2 Å². The van der Waals surface area contributed by atoms with Crippen molar-refractivity contribution in [1.82, 2.24) is 0 Å². The second-order valence-electron chi connectivity index (χ2n) is 5.49. The summed E-state index contributed by atoms with van der Waals surface area (Å²) in [7, 11) is 0. The van der Waals surface area contributed by atoms with E-state index in [1.807, 2.05) is 0 Å². The summed E-state index contributed by atoms with van der Waals surface area (Å²) in [5.74, 6) is -1.54. The molecule has 0 bridgehead atoms. The van der Waals surface area contributed by atoms with Gasteiger partial charge in [0.05, 0.1) is 15.6 Å². The van der Waals surface area contributed by atoms with Gasteiger partial charge in [-0.15, -0.1) is 11.3 Å². The number of amides is 2. The van der Waals surface area contributed by atoms with E-state index in [9.17, 15) is 19.2 Å². The van der Waals surface area contributed by atoms with Gasteiger partial charge in [0.15, 0.2) is 12.4 Å². The molecule has 27 heavy (non-hydrogen) atoms. The van der Waals surface area contributed by atoms with Crippen molar-refractivity contribution in [3.8, 4) is 0 Å². The molecule has 0 aliphatic carbocycles. The molecule has 0 saturated heterocycles. The van der Waals surface area contributed by atoms with Gasteiger partial charge in [0.1, 0.15) is 0 Å². The Bertz CT molecular complexity index is 848. The molecule has 0 aliphatic heterocycles. The van der Waals surface area contributed by atoms with E-state index in [1.54, 1.807) is 36.4 Å². The van der Waals surface area contributed by atoms with E-state index >= 15 is 0 Å². The van der Waals surface area contributed by atoms with E-state index in [-0.39, 0.29) is 24.5 Å².